The van der Waals surface area contributed by atoms with E-state index in [4.69, 9.17) is 16.6 Å². The molecule has 2 aromatic heterocycles. The zero-order chi connectivity index (χ0) is 30.0. The molecule has 0 spiro atoms. The van der Waals surface area contributed by atoms with Crippen molar-refractivity contribution < 1.29 is 4.79 Å². The minimum Gasteiger partial charge on any atom is -0.335 e. The summed E-state index contributed by atoms with van der Waals surface area (Å²) in [6, 6.07) is 24.5. The van der Waals surface area contributed by atoms with E-state index in [9.17, 15) is 4.79 Å². The van der Waals surface area contributed by atoms with Gasteiger partial charge >= 0.3 is 0 Å². The smallest absolute Gasteiger partial charge is 0.270 e. The zero-order valence-electron chi connectivity index (χ0n) is 24.8. The van der Waals surface area contributed by atoms with Gasteiger partial charge in [-0.05, 0) is 89.8 Å². The molecule has 3 aromatic carbocycles. The van der Waals surface area contributed by atoms with E-state index in [1.807, 2.05) is 42.5 Å². The molecule has 2 heterocycles. The van der Waals surface area contributed by atoms with Crippen molar-refractivity contribution in [3.8, 4) is 0 Å². The third-order valence-corrected chi connectivity index (χ3v) is 8.90. The summed E-state index contributed by atoms with van der Waals surface area (Å²) in [5.74, 6) is 1.53. The molecule has 0 radical (unpaired) electrons. The molecule has 1 saturated carbocycles. The first-order valence-corrected chi connectivity index (χ1v) is 15.2. The summed E-state index contributed by atoms with van der Waals surface area (Å²) < 4.78 is 2.33. The molecule has 1 fully saturated rings. The lowest BCUT2D eigenvalue weighted by Crippen LogP contribution is -2.41. The minimum atomic E-state index is -0.282. The maximum atomic E-state index is 12.7. The van der Waals surface area contributed by atoms with E-state index in [0.29, 0.717) is 36.0 Å². The Morgan fingerprint density at radius 1 is 0.977 bits per heavy atom. The summed E-state index contributed by atoms with van der Waals surface area (Å²) in [7, 11) is 0. The second-order valence-electron chi connectivity index (χ2n) is 12.5. The SMILES string of the molecule is CC(C)(C)C1CCC(N(Cc2ccc(C(=O)Nc3nn[nH]n3)cc2)c2nc3ccccc3n2Cc2ccc(Cl)cc2)CC1. The van der Waals surface area contributed by atoms with Crippen molar-refractivity contribution >= 4 is 40.4 Å². The van der Waals surface area contributed by atoms with Gasteiger partial charge in [0.25, 0.3) is 11.9 Å². The maximum absolute atomic E-state index is 12.7. The molecule has 0 bridgehead atoms. The van der Waals surface area contributed by atoms with E-state index in [0.717, 1.165) is 40.4 Å². The number of fused-ring (bicyclic) bond motifs is 1. The Morgan fingerprint density at radius 2 is 1.67 bits per heavy atom. The maximum Gasteiger partial charge on any atom is 0.270 e. The number of amides is 1. The Bertz CT molecular complexity index is 1670. The summed E-state index contributed by atoms with van der Waals surface area (Å²) >= 11 is 6.21. The first-order chi connectivity index (χ1) is 20.7. The van der Waals surface area contributed by atoms with E-state index < -0.39 is 0 Å². The van der Waals surface area contributed by atoms with Gasteiger partial charge in [0.2, 0.25) is 5.95 Å². The van der Waals surface area contributed by atoms with Gasteiger partial charge in [-0.15, -0.1) is 5.10 Å². The second kappa shape index (κ2) is 12.2. The van der Waals surface area contributed by atoms with Crippen LogP contribution in [0, 0.1) is 11.3 Å². The number of benzene rings is 3. The second-order valence-corrected chi connectivity index (χ2v) is 12.9. The van der Waals surface area contributed by atoms with Gasteiger partial charge in [0, 0.05) is 23.2 Å². The highest BCUT2D eigenvalue weighted by molar-refractivity contribution is 6.30. The molecule has 1 aliphatic rings. The van der Waals surface area contributed by atoms with Crippen LogP contribution in [0.3, 0.4) is 0 Å². The fraction of sp³-hybridized carbons (Fsp3) is 0.364. The van der Waals surface area contributed by atoms with Crippen molar-refractivity contribution in [3.63, 3.8) is 0 Å². The normalized spacial score (nSPS) is 17.2. The topological polar surface area (TPSA) is 105 Å². The number of nitrogens with zero attached hydrogens (tertiary/aromatic N) is 6. The van der Waals surface area contributed by atoms with Crippen molar-refractivity contribution in [2.75, 3.05) is 10.2 Å². The summed E-state index contributed by atoms with van der Waals surface area (Å²) in [5.41, 5.74) is 5.19. The van der Waals surface area contributed by atoms with Gasteiger partial charge in [-0.1, -0.05) is 73.9 Å². The largest absolute Gasteiger partial charge is 0.335 e. The third-order valence-electron chi connectivity index (χ3n) is 8.65. The van der Waals surface area contributed by atoms with Crippen LogP contribution in [0.1, 0.15) is 67.9 Å². The predicted molar refractivity (Wildman–Crippen MR) is 170 cm³/mol. The van der Waals surface area contributed by atoms with E-state index in [1.165, 1.54) is 18.4 Å². The molecule has 2 N–H and O–H groups in total. The first kappa shape index (κ1) is 28.9. The van der Waals surface area contributed by atoms with Gasteiger partial charge < -0.3 is 9.47 Å². The summed E-state index contributed by atoms with van der Waals surface area (Å²) in [4.78, 5) is 20.4. The Morgan fingerprint density at radius 3 is 2.35 bits per heavy atom. The molecule has 10 heteroatoms. The van der Waals surface area contributed by atoms with E-state index in [2.05, 4.69) is 86.5 Å². The van der Waals surface area contributed by atoms with Crippen LogP contribution >= 0.6 is 11.6 Å². The number of carbonyl (C=O) groups excluding carboxylic acids is 1. The molecule has 1 aliphatic carbocycles. The standard InChI is InChI=1S/C33H37ClN8O/c1-33(2,3)25-14-18-27(19-15-25)41(20-22-8-12-24(13-9-22)30(43)36-31-37-39-40-38-31)32-35-28-6-4-5-7-29(28)42(32)21-23-10-16-26(34)17-11-23/h4-13,16-17,25,27H,14-15,18-21H2,1-3H3,(H2,36,37,38,39,40,43). The molecular formula is C33H37ClN8O. The van der Waals surface area contributed by atoms with Gasteiger partial charge in [-0.3, -0.25) is 10.1 Å². The highest BCUT2D eigenvalue weighted by Gasteiger charge is 2.34. The van der Waals surface area contributed by atoms with Crippen molar-refractivity contribution in [1.82, 2.24) is 30.2 Å². The van der Waals surface area contributed by atoms with Crippen LogP contribution in [0.4, 0.5) is 11.9 Å². The number of aromatic amines is 1. The molecule has 222 valence electrons. The molecule has 9 nitrogen and oxygen atoms in total. The van der Waals surface area contributed by atoms with Crippen molar-refractivity contribution in [2.45, 2.75) is 65.6 Å². The zero-order valence-corrected chi connectivity index (χ0v) is 25.6. The number of H-pyrrole nitrogens is 1. The number of para-hydroxylation sites is 2. The van der Waals surface area contributed by atoms with E-state index in [-0.39, 0.29) is 11.9 Å². The number of tetrazole rings is 1. The van der Waals surface area contributed by atoms with Gasteiger partial charge in [-0.25, -0.2) is 4.98 Å². The molecule has 6 rings (SSSR count). The lowest BCUT2D eigenvalue weighted by atomic mass is 9.71. The Kier molecular flexibility index (Phi) is 8.17. The molecule has 5 aromatic rings. The molecular weight excluding hydrogens is 560 g/mol. The number of nitrogens with one attached hydrogen (secondary N) is 2. The number of aromatic nitrogens is 6. The van der Waals surface area contributed by atoms with Crippen LogP contribution in [0.25, 0.3) is 11.0 Å². The molecule has 0 saturated heterocycles. The number of imidazole rings is 1. The van der Waals surface area contributed by atoms with Crippen LogP contribution in [0.5, 0.6) is 0 Å². The van der Waals surface area contributed by atoms with Crippen LogP contribution in [-0.2, 0) is 13.1 Å². The number of hydrogen-bond donors (Lipinski definition) is 2. The quantitative estimate of drug-likeness (QED) is 0.198. The predicted octanol–water partition coefficient (Wildman–Crippen LogP) is 7.11. The molecule has 0 atom stereocenters. The van der Waals surface area contributed by atoms with E-state index >= 15 is 0 Å². The summed E-state index contributed by atoms with van der Waals surface area (Å²) in [6.45, 7) is 8.45. The molecule has 0 aliphatic heterocycles. The highest BCUT2D eigenvalue weighted by Crippen LogP contribution is 2.40. The van der Waals surface area contributed by atoms with Crippen LogP contribution in [0.15, 0.2) is 72.8 Å². The summed E-state index contributed by atoms with van der Waals surface area (Å²) in [5, 5.41) is 16.8. The lowest BCUT2D eigenvalue weighted by molar-refractivity contribution is 0.102. The monoisotopic (exact) mass is 596 g/mol. The van der Waals surface area contributed by atoms with Crippen LogP contribution in [0.2, 0.25) is 5.02 Å². The van der Waals surface area contributed by atoms with Gasteiger partial charge in [0.15, 0.2) is 0 Å². The van der Waals surface area contributed by atoms with Crippen molar-refractivity contribution in [2.24, 2.45) is 11.3 Å². The average Bonchev–Trinajstić information content (AvgIpc) is 3.65. The molecule has 0 unspecified atom stereocenters. The number of rotatable bonds is 8. The number of anilines is 2. The van der Waals surface area contributed by atoms with Gasteiger partial charge in [0.1, 0.15) is 0 Å². The number of halogens is 1. The minimum absolute atomic E-state index is 0.144. The van der Waals surface area contributed by atoms with Crippen LogP contribution in [-0.4, -0.2) is 42.1 Å². The number of carbonyl (C=O) groups is 1. The average molecular weight is 597 g/mol. The van der Waals surface area contributed by atoms with Crippen LogP contribution < -0.4 is 10.2 Å². The third kappa shape index (κ3) is 6.57. The van der Waals surface area contributed by atoms with Crippen molar-refractivity contribution in [1.29, 1.82) is 0 Å². The fourth-order valence-corrected chi connectivity index (χ4v) is 6.30. The molecule has 43 heavy (non-hydrogen) atoms. The highest BCUT2D eigenvalue weighted by atomic mass is 35.5. The Labute approximate surface area is 256 Å². The Hall–Kier alpha value is -4.24. The Balaban J connectivity index is 1.33. The lowest BCUT2D eigenvalue weighted by Gasteiger charge is -2.41. The van der Waals surface area contributed by atoms with Gasteiger partial charge in [0.05, 0.1) is 17.6 Å². The fourth-order valence-electron chi connectivity index (χ4n) is 6.17. The number of hydrogen-bond acceptors (Lipinski definition) is 6. The van der Waals surface area contributed by atoms with Gasteiger partial charge in [-0.2, -0.15) is 5.21 Å². The van der Waals surface area contributed by atoms with Crippen molar-refractivity contribution in [3.05, 3.63) is 94.5 Å². The summed E-state index contributed by atoms with van der Waals surface area (Å²) in [6.07, 6.45) is 4.60. The first-order valence-electron chi connectivity index (χ1n) is 14.8. The van der Waals surface area contributed by atoms with E-state index in [1.54, 1.807) is 0 Å². The molecule has 1 amide bonds.